The Morgan fingerprint density at radius 2 is 1.77 bits per heavy atom. The van der Waals surface area contributed by atoms with Gasteiger partial charge in [-0.2, -0.15) is 5.26 Å². The normalized spacial score (nSPS) is 15.4. The summed E-state index contributed by atoms with van der Waals surface area (Å²) in [5.41, 5.74) is 1.64. The molecule has 0 saturated heterocycles. The molecule has 0 bridgehead atoms. The van der Waals surface area contributed by atoms with E-state index in [1.54, 1.807) is 12.1 Å². The van der Waals surface area contributed by atoms with E-state index in [1.807, 2.05) is 24.3 Å². The highest BCUT2D eigenvalue weighted by atomic mass is 32.2. The lowest BCUT2D eigenvalue weighted by molar-refractivity contribution is -0.118. The molecule has 0 unspecified atom stereocenters. The van der Waals surface area contributed by atoms with Crippen LogP contribution in [0.1, 0.15) is 36.8 Å². The van der Waals surface area contributed by atoms with Crippen LogP contribution in [-0.4, -0.2) is 18.2 Å². The topological polar surface area (TPSA) is 52.9 Å². The predicted molar refractivity (Wildman–Crippen MR) is 101 cm³/mol. The molecule has 0 heterocycles. The minimum absolute atomic E-state index is 0.00672. The number of carbonyl (C=O) groups is 1. The summed E-state index contributed by atoms with van der Waals surface area (Å²) in [6.45, 7) is 0.589. The molecule has 0 radical (unpaired) electrons. The lowest BCUT2D eigenvalue weighted by Crippen LogP contribution is -2.39. The molecule has 1 aliphatic rings. The molecule has 1 saturated carbocycles. The second-order valence-electron chi connectivity index (χ2n) is 6.70. The van der Waals surface area contributed by atoms with E-state index in [2.05, 4.69) is 11.4 Å². The summed E-state index contributed by atoms with van der Waals surface area (Å²) in [6, 6.07) is 16.0. The Morgan fingerprint density at radius 3 is 2.38 bits per heavy atom. The highest BCUT2D eigenvalue weighted by Gasteiger charge is 2.35. The van der Waals surface area contributed by atoms with Crippen molar-refractivity contribution in [2.75, 3.05) is 12.3 Å². The van der Waals surface area contributed by atoms with Gasteiger partial charge in [-0.1, -0.05) is 25.0 Å². The number of hydrogen-bond donors (Lipinski definition) is 1. The van der Waals surface area contributed by atoms with Crippen molar-refractivity contribution < 1.29 is 9.18 Å². The standard InChI is InChI=1S/C21H21FN2OS/c22-18-7-5-17(6-8-18)21(11-1-2-12-21)15-24-20(25)14-26-19-9-3-16(13-23)4-10-19/h3-10H,1-2,11-12,14-15H2,(H,24,25). The summed E-state index contributed by atoms with van der Waals surface area (Å²) in [4.78, 5) is 13.2. The van der Waals surface area contributed by atoms with Gasteiger partial charge in [0.2, 0.25) is 5.91 Å². The van der Waals surface area contributed by atoms with E-state index in [0.717, 1.165) is 36.1 Å². The fraction of sp³-hybridized carbons (Fsp3) is 0.333. The van der Waals surface area contributed by atoms with Crippen LogP contribution < -0.4 is 5.32 Å². The number of nitrogens with zero attached hydrogens (tertiary/aromatic N) is 1. The number of halogens is 1. The third-order valence-corrected chi connectivity index (χ3v) is 6.01. The van der Waals surface area contributed by atoms with Gasteiger partial charge in [0.05, 0.1) is 17.4 Å². The molecule has 1 fully saturated rings. The van der Waals surface area contributed by atoms with Crippen LogP contribution in [0.2, 0.25) is 0 Å². The molecule has 0 atom stereocenters. The van der Waals surface area contributed by atoms with Crippen molar-refractivity contribution in [1.82, 2.24) is 5.32 Å². The Bertz CT molecular complexity index is 790. The molecule has 1 aliphatic carbocycles. The van der Waals surface area contributed by atoms with Crippen LogP contribution in [0.25, 0.3) is 0 Å². The van der Waals surface area contributed by atoms with E-state index in [1.165, 1.54) is 23.9 Å². The van der Waals surface area contributed by atoms with E-state index in [0.29, 0.717) is 17.9 Å². The van der Waals surface area contributed by atoms with E-state index in [4.69, 9.17) is 5.26 Å². The van der Waals surface area contributed by atoms with Gasteiger partial charge < -0.3 is 5.32 Å². The average Bonchev–Trinajstić information content (AvgIpc) is 3.16. The first-order valence-corrected chi connectivity index (χ1v) is 9.76. The van der Waals surface area contributed by atoms with Crippen molar-refractivity contribution >= 4 is 17.7 Å². The van der Waals surface area contributed by atoms with Gasteiger partial charge in [-0.05, 0) is 54.8 Å². The zero-order valence-corrected chi connectivity index (χ0v) is 15.3. The van der Waals surface area contributed by atoms with E-state index < -0.39 is 0 Å². The van der Waals surface area contributed by atoms with Crippen LogP contribution in [-0.2, 0) is 10.2 Å². The largest absolute Gasteiger partial charge is 0.354 e. The molecule has 26 heavy (non-hydrogen) atoms. The Morgan fingerprint density at radius 1 is 1.12 bits per heavy atom. The third kappa shape index (κ3) is 4.44. The van der Waals surface area contributed by atoms with Crippen molar-refractivity contribution in [3.05, 3.63) is 65.5 Å². The predicted octanol–water partition coefficient (Wildman–Crippen LogP) is 4.42. The maximum atomic E-state index is 13.2. The third-order valence-electron chi connectivity index (χ3n) is 4.99. The quantitative estimate of drug-likeness (QED) is 0.768. The number of hydrogen-bond acceptors (Lipinski definition) is 3. The molecule has 1 amide bonds. The summed E-state index contributed by atoms with van der Waals surface area (Å²) >= 11 is 1.46. The molecule has 134 valence electrons. The van der Waals surface area contributed by atoms with Crippen LogP contribution in [0, 0.1) is 17.1 Å². The summed E-state index contributed by atoms with van der Waals surface area (Å²) in [6.07, 6.45) is 4.30. The van der Waals surface area contributed by atoms with Gasteiger partial charge in [-0.25, -0.2) is 4.39 Å². The van der Waals surface area contributed by atoms with Crippen LogP contribution in [0.3, 0.4) is 0 Å². The fourth-order valence-corrected chi connectivity index (χ4v) is 4.24. The number of rotatable bonds is 6. The lowest BCUT2D eigenvalue weighted by Gasteiger charge is -2.30. The highest BCUT2D eigenvalue weighted by molar-refractivity contribution is 8.00. The van der Waals surface area contributed by atoms with E-state index >= 15 is 0 Å². The number of nitrogens with one attached hydrogen (secondary N) is 1. The van der Waals surface area contributed by atoms with Gasteiger partial charge in [0.25, 0.3) is 0 Å². The Labute approximate surface area is 157 Å². The SMILES string of the molecule is N#Cc1ccc(SCC(=O)NCC2(c3ccc(F)cc3)CCCC2)cc1. The molecule has 0 spiro atoms. The molecule has 0 aliphatic heterocycles. The van der Waals surface area contributed by atoms with Crippen molar-refractivity contribution in [3.63, 3.8) is 0 Å². The second-order valence-corrected chi connectivity index (χ2v) is 7.74. The van der Waals surface area contributed by atoms with Crippen LogP contribution in [0.4, 0.5) is 4.39 Å². The van der Waals surface area contributed by atoms with Crippen molar-refractivity contribution in [3.8, 4) is 6.07 Å². The minimum atomic E-state index is -0.232. The molecular weight excluding hydrogens is 347 g/mol. The van der Waals surface area contributed by atoms with Gasteiger partial charge in [-0.3, -0.25) is 4.79 Å². The number of carbonyl (C=O) groups excluding carboxylic acids is 1. The minimum Gasteiger partial charge on any atom is -0.354 e. The van der Waals surface area contributed by atoms with Gasteiger partial charge in [0.15, 0.2) is 0 Å². The summed E-state index contributed by atoms with van der Waals surface area (Å²) < 4.78 is 13.2. The monoisotopic (exact) mass is 368 g/mol. The molecular formula is C21H21FN2OS. The lowest BCUT2D eigenvalue weighted by atomic mass is 9.79. The number of benzene rings is 2. The molecule has 3 rings (SSSR count). The molecule has 3 nitrogen and oxygen atoms in total. The van der Waals surface area contributed by atoms with Gasteiger partial charge in [0.1, 0.15) is 5.82 Å². The molecule has 1 N–H and O–H groups in total. The van der Waals surface area contributed by atoms with E-state index in [-0.39, 0.29) is 17.1 Å². The summed E-state index contributed by atoms with van der Waals surface area (Å²) in [5.74, 6) is 0.100. The number of amides is 1. The zero-order valence-electron chi connectivity index (χ0n) is 14.5. The molecule has 0 aromatic heterocycles. The Balaban J connectivity index is 1.56. The first-order chi connectivity index (χ1) is 12.6. The van der Waals surface area contributed by atoms with Crippen LogP contribution in [0.15, 0.2) is 53.4 Å². The van der Waals surface area contributed by atoms with Gasteiger partial charge >= 0.3 is 0 Å². The maximum Gasteiger partial charge on any atom is 0.230 e. The fourth-order valence-electron chi connectivity index (χ4n) is 3.52. The maximum absolute atomic E-state index is 13.2. The zero-order chi connectivity index (χ0) is 18.4. The molecule has 2 aromatic rings. The second kappa shape index (κ2) is 8.37. The molecule has 5 heteroatoms. The Hall–Kier alpha value is -2.32. The molecule has 2 aromatic carbocycles. The number of thioether (sulfide) groups is 1. The van der Waals surface area contributed by atoms with E-state index in [9.17, 15) is 9.18 Å². The summed E-state index contributed by atoms with van der Waals surface area (Å²) in [7, 11) is 0. The Kier molecular flexibility index (Phi) is 5.95. The van der Waals surface area contributed by atoms with Crippen molar-refractivity contribution in [2.45, 2.75) is 36.0 Å². The van der Waals surface area contributed by atoms with Crippen LogP contribution in [0.5, 0.6) is 0 Å². The van der Waals surface area contributed by atoms with Crippen molar-refractivity contribution in [2.24, 2.45) is 0 Å². The number of nitriles is 1. The van der Waals surface area contributed by atoms with Gasteiger partial charge in [0, 0.05) is 16.9 Å². The van der Waals surface area contributed by atoms with Crippen molar-refractivity contribution in [1.29, 1.82) is 5.26 Å². The first kappa shape index (κ1) is 18.5. The highest BCUT2D eigenvalue weighted by Crippen LogP contribution is 2.40. The first-order valence-electron chi connectivity index (χ1n) is 8.77. The van der Waals surface area contributed by atoms with Crippen LogP contribution >= 0.6 is 11.8 Å². The average molecular weight is 368 g/mol. The van der Waals surface area contributed by atoms with Gasteiger partial charge in [-0.15, -0.1) is 11.8 Å². The summed E-state index contributed by atoms with van der Waals surface area (Å²) in [5, 5.41) is 11.9. The smallest absolute Gasteiger partial charge is 0.230 e.